The Morgan fingerprint density at radius 3 is 2.58 bits per heavy atom. The number of sulfone groups is 1. The van der Waals surface area contributed by atoms with Gasteiger partial charge in [-0.2, -0.15) is 0 Å². The van der Waals surface area contributed by atoms with Crippen LogP contribution >= 0.6 is 12.4 Å². The average Bonchev–Trinajstić information content (AvgIpc) is 2.56. The highest BCUT2D eigenvalue weighted by molar-refractivity contribution is 7.90. The van der Waals surface area contributed by atoms with Gasteiger partial charge in [0.1, 0.15) is 5.75 Å². The Labute approximate surface area is 162 Å². The Balaban J connectivity index is 0.00000338. The van der Waals surface area contributed by atoms with Crippen molar-refractivity contribution in [2.24, 2.45) is 5.92 Å². The van der Waals surface area contributed by atoms with E-state index < -0.39 is 9.84 Å². The summed E-state index contributed by atoms with van der Waals surface area (Å²) < 4.78 is 28.4. The number of piperidine rings is 1. The van der Waals surface area contributed by atoms with E-state index in [0.717, 1.165) is 32.4 Å². The van der Waals surface area contributed by atoms with Crippen LogP contribution in [0.3, 0.4) is 0 Å². The molecule has 1 aromatic carbocycles. The molecule has 1 aliphatic heterocycles. The molecule has 0 bridgehead atoms. The predicted octanol–water partition coefficient (Wildman–Crippen LogP) is 2.18. The quantitative estimate of drug-likeness (QED) is 0.648. The molecule has 1 saturated heterocycles. The monoisotopic (exact) mass is 404 g/mol. The number of ether oxygens (including phenoxy) is 1. The number of halogens is 1. The van der Waals surface area contributed by atoms with Gasteiger partial charge < -0.3 is 15.4 Å². The van der Waals surface area contributed by atoms with E-state index in [0.29, 0.717) is 24.7 Å². The minimum atomic E-state index is -3.18. The lowest BCUT2D eigenvalue weighted by Crippen LogP contribution is -2.48. The van der Waals surface area contributed by atoms with Crippen LogP contribution in [-0.2, 0) is 14.6 Å². The van der Waals surface area contributed by atoms with Gasteiger partial charge in [-0.05, 0) is 62.5 Å². The van der Waals surface area contributed by atoms with E-state index in [4.69, 9.17) is 4.74 Å². The molecule has 26 heavy (non-hydrogen) atoms. The maximum absolute atomic E-state index is 12.0. The van der Waals surface area contributed by atoms with E-state index >= 15 is 0 Å². The molecular formula is C18H29ClN2O4S. The molecule has 148 valence electrons. The molecule has 1 aromatic rings. The van der Waals surface area contributed by atoms with Gasteiger partial charge in [-0.25, -0.2) is 8.42 Å². The Morgan fingerprint density at radius 1 is 1.27 bits per heavy atom. The number of rotatable bonds is 8. The van der Waals surface area contributed by atoms with Crippen molar-refractivity contribution >= 4 is 28.2 Å². The highest BCUT2D eigenvalue weighted by Crippen LogP contribution is 2.16. The molecule has 1 heterocycles. The standard InChI is InChI=1S/C18H28N2O4S.ClH/c1-14-13-19-11-10-17(14)20-18(21)5-3-4-12-24-15-6-8-16(9-7-15)25(2,22)23;/h6-9,14,17,19H,3-5,10-13H2,1-2H3,(H,20,21);1H. The van der Waals surface area contributed by atoms with Crippen LogP contribution in [0.2, 0.25) is 0 Å². The van der Waals surface area contributed by atoms with Gasteiger partial charge in [-0.3, -0.25) is 4.79 Å². The van der Waals surface area contributed by atoms with E-state index in [2.05, 4.69) is 17.6 Å². The molecule has 0 radical (unpaired) electrons. The second kappa shape index (κ2) is 10.7. The van der Waals surface area contributed by atoms with Gasteiger partial charge in [-0.1, -0.05) is 6.92 Å². The molecule has 0 aliphatic carbocycles. The Hall–Kier alpha value is -1.31. The van der Waals surface area contributed by atoms with Crippen molar-refractivity contribution in [3.63, 3.8) is 0 Å². The van der Waals surface area contributed by atoms with Crippen LogP contribution in [0.1, 0.15) is 32.6 Å². The lowest BCUT2D eigenvalue weighted by atomic mass is 9.95. The normalized spacial score (nSPS) is 20.1. The maximum Gasteiger partial charge on any atom is 0.220 e. The fraction of sp³-hybridized carbons (Fsp3) is 0.611. The number of carbonyl (C=O) groups is 1. The summed E-state index contributed by atoms with van der Waals surface area (Å²) >= 11 is 0. The minimum absolute atomic E-state index is 0. The van der Waals surface area contributed by atoms with E-state index in [1.165, 1.54) is 18.4 Å². The summed E-state index contributed by atoms with van der Waals surface area (Å²) in [6.07, 6.45) is 4.22. The molecule has 0 saturated carbocycles. The summed E-state index contributed by atoms with van der Waals surface area (Å²) in [4.78, 5) is 12.3. The minimum Gasteiger partial charge on any atom is -0.494 e. The lowest BCUT2D eigenvalue weighted by Gasteiger charge is -2.30. The van der Waals surface area contributed by atoms with Gasteiger partial charge in [0.05, 0.1) is 11.5 Å². The summed E-state index contributed by atoms with van der Waals surface area (Å²) in [5.74, 6) is 1.22. The predicted molar refractivity (Wildman–Crippen MR) is 105 cm³/mol. The number of unbranched alkanes of at least 4 members (excludes halogenated alkanes) is 1. The van der Waals surface area contributed by atoms with Crippen molar-refractivity contribution in [1.29, 1.82) is 0 Å². The molecule has 1 amide bonds. The molecule has 6 nitrogen and oxygen atoms in total. The van der Waals surface area contributed by atoms with Crippen LogP contribution in [-0.4, -0.2) is 46.3 Å². The first-order valence-electron chi connectivity index (χ1n) is 8.79. The van der Waals surface area contributed by atoms with Crippen LogP contribution in [0.5, 0.6) is 5.75 Å². The average molecular weight is 405 g/mol. The van der Waals surface area contributed by atoms with Gasteiger partial charge >= 0.3 is 0 Å². The number of hydrogen-bond acceptors (Lipinski definition) is 5. The van der Waals surface area contributed by atoms with Gasteiger partial charge in [0, 0.05) is 18.7 Å². The number of nitrogens with one attached hydrogen (secondary N) is 2. The third-order valence-corrected chi connectivity index (χ3v) is 5.58. The number of amides is 1. The fourth-order valence-electron chi connectivity index (χ4n) is 2.87. The Kier molecular flexibility index (Phi) is 9.39. The van der Waals surface area contributed by atoms with Crippen molar-refractivity contribution in [2.45, 2.75) is 43.5 Å². The third kappa shape index (κ3) is 7.51. The van der Waals surface area contributed by atoms with E-state index in [9.17, 15) is 13.2 Å². The van der Waals surface area contributed by atoms with Gasteiger partial charge in [0.2, 0.25) is 5.91 Å². The molecule has 8 heteroatoms. The fourth-order valence-corrected chi connectivity index (χ4v) is 3.50. The summed E-state index contributed by atoms with van der Waals surface area (Å²) in [6, 6.07) is 6.66. The first-order chi connectivity index (χ1) is 11.9. The summed E-state index contributed by atoms with van der Waals surface area (Å²) in [5.41, 5.74) is 0. The van der Waals surface area contributed by atoms with Crippen molar-refractivity contribution in [2.75, 3.05) is 26.0 Å². The van der Waals surface area contributed by atoms with Crippen molar-refractivity contribution in [1.82, 2.24) is 10.6 Å². The molecule has 0 spiro atoms. The van der Waals surface area contributed by atoms with Gasteiger partial charge in [0.15, 0.2) is 9.84 Å². The van der Waals surface area contributed by atoms with Crippen LogP contribution in [0.25, 0.3) is 0 Å². The topological polar surface area (TPSA) is 84.5 Å². The third-order valence-electron chi connectivity index (χ3n) is 4.45. The molecule has 2 N–H and O–H groups in total. The van der Waals surface area contributed by atoms with Crippen LogP contribution in [0.15, 0.2) is 29.2 Å². The van der Waals surface area contributed by atoms with Crippen LogP contribution < -0.4 is 15.4 Å². The molecule has 2 unspecified atom stereocenters. The van der Waals surface area contributed by atoms with E-state index in [1.54, 1.807) is 12.1 Å². The molecule has 0 aromatic heterocycles. The molecular weight excluding hydrogens is 376 g/mol. The zero-order valence-electron chi connectivity index (χ0n) is 15.4. The SMILES string of the molecule is CC1CNCCC1NC(=O)CCCCOc1ccc(S(C)(=O)=O)cc1.Cl. The number of hydrogen-bond donors (Lipinski definition) is 2. The zero-order chi connectivity index (χ0) is 18.3. The van der Waals surface area contributed by atoms with Gasteiger partial charge in [0.25, 0.3) is 0 Å². The largest absolute Gasteiger partial charge is 0.494 e. The Morgan fingerprint density at radius 2 is 1.96 bits per heavy atom. The van der Waals surface area contributed by atoms with Crippen molar-refractivity contribution < 1.29 is 17.9 Å². The first-order valence-corrected chi connectivity index (χ1v) is 10.7. The van der Waals surface area contributed by atoms with E-state index in [-0.39, 0.29) is 29.3 Å². The number of benzene rings is 1. The molecule has 2 atom stereocenters. The first kappa shape index (κ1) is 22.7. The van der Waals surface area contributed by atoms with E-state index in [1.807, 2.05) is 0 Å². The zero-order valence-corrected chi connectivity index (χ0v) is 17.0. The lowest BCUT2D eigenvalue weighted by molar-refractivity contribution is -0.122. The molecule has 2 rings (SSSR count). The van der Waals surface area contributed by atoms with Crippen molar-refractivity contribution in [3.8, 4) is 5.75 Å². The summed E-state index contributed by atoms with van der Waals surface area (Å²) in [7, 11) is -3.18. The molecule has 1 fully saturated rings. The number of carbonyl (C=O) groups excluding carboxylic acids is 1. The Bertz CT molecular complexity index is 664. The highest BCUT2D eigenvalue weighted by Gasteiger charge is 2.22. The highest BCUT2D eigenvalue weighted by atomic mass is 35.5. The van der Waals surface area contributed by atoms with Crippen LogP contribution in [0, 0.1) is 5.92 Å². The molecule has 1 aliphatic rings. The van der Waals surface area contributed by atoms with Crippen molar-refractivity contribution in [3.05, 3.63) is 24.3 Å². The van der Waals surface area contributed by atoms with Crippen LogP contribution in [0.4, 0.5) is 0 Å². The smallest absolute Gasteiger partial charge is 0.220 e. The maximum atomic E-state index is 12.0. The second-order valence-corrected chi connectivity index (χ2v) is 8.71. The second-order valence-electron chi connectivity index (χ2n) is 6.69. The van der Waals surface area contributed by atoms with Gasteiger partial charge in [-0.15, -0.1) is 12.4 Å². The summed E-state index contributed by atoms with van der Waals surface area (Å²) in [6.45, 7) is 4.58. The summed E-state index contributed by atoms with van der Waals surface area (Å²) in [5, 5.41) is 6.44.